The zero-order valence-electron chi connectivity index (χ0n) is 17.3. The van der Waals surface area contributed by atoms with Gasteiger partial charge in [0, 0.05) is 39.0 Å². The number of aromatic nitrogens is 1. The maximum absolute atomic E-state index is 11.5. The highest BCUT2D eigenvalue weighted by Crippen LogP contribution is 2.45. The topological polar surface area (TPSA) is 80.9 Å². The van der Waals surface area contributed by atoms with Crippen LogP contribution in [0.4, 0.5) is 0 Å². The van der Waals surface area contributed by atoms with Gasteiger partial charge in [0.25, 0.3) is 0 Å². The minimum absolute atomic E-state index is 0.0691. The van der Waals surface area contributed by atoms with Crippen LogP contribution in [0.15, 0.2) is 41.3 Å². The third-order valence-corrected chi connectivity index (χ3v) is 6.65. The molecule has 0 aliphatic heterocycles. The lowest BCUT2D eigenvalue weighted by Crippen LogP contribution is -2.11. The van der Waals surface area contributed by atoms with Crippen LogP contribution in [0.25, 0.3) is 10.9 Å². The number of aliphatic carboxylic acids is 1. The van der Waals surface area contributed by atoms with Crippen molar-refractivity contribution in [3.63, 3.8) is 0 Å². The number of aliphatic hydroxyl groups is 1. The van der Waals surface area contributed by atoms with E-state index in [0.717, 1.165) is 63.1 Å². The number of hydrogen-bond acceptors (Lipinski definition) is 5. The molecule has 0 fully saturated rings. The Hall–Kier alpha value is -2.03. The SMILES string of the molecule is COOSc1cc(C(C)O)c2c(c1)c1c(n2Cc2ccc(Cl)cc2)[C@@H](CC(=O)O)CC1. The predicted molar refractivity (Wildman–Crippen MR) is 120 cm³/mol. The molecule has 2 atom stereocenters. The van der Waals surface area contributed by atoms with E-state index in [1.807, 2.05) is 36.4 Å². The summed E-state index contributed by atoms with van der Waals surface area (Å²) in [6.45, 7) is 2.31. The van der Waals surface area contributed by atoms with Gasteiger partial charge < -0.3 is 14.8 Å². The fourth-order valence-corrected chi connectivity index (χ4v) is 5.17. The summed E-state index contributed by atoms with van der Waals surface area (Å²) in [4.78, 5) is 17.1. The Bertz CT molecular complexity index is 1110. The molecule has 0 radical (unpaired) electrons. The summed E-state index contributed by atoms with van der Waals surface area (Å²) in [5.74, 6) is -0.873. The lowest BCUT2D eigenvalue weighted by Gasteiger charge is -2.18. The van der Waals surface area contributed by atoms with Crippen LogP contribution >= 0.6 is 23.6 Å². The quantitative estimate of drug-likeness (QED) is 0.262. The standard InChI is InChI=1S/C23H24ClNO5S/c1-13(26)19-10-17(31-30-29-2)11-20-18-8-5-15(9-21(27)28)22(18)25(23(19)20)12-14-3-6-16(24)7-4-14/h3-4,6-7,10-11,13,15,26H,5,8-9,12H2,1-2H3,(H,27,28)/t13?,15-/m1/s1. The van der Waals surface area contributed by atoms with Crippen LogP contribution in [0, 0.1) is 0 Å². The van der Waals surface area contributed by atoms with E-state index < -0.39 is 12.1 Å². The molecule has 1 aliphatic carbocycles. The molecule has 1 unspecified atom stereocenters. The molecule has 1 heterocycles. The maximum atomic E-state index is 11.5. The number of halogens is 1. The van der Waals surface area contributed by atoms with Crippen molar-refractivity contribution in [2.45, 2.75) is 49.6 Å². The van der Waals surface area contributed by atoms with Gasteiger partial charge >= 0.3 is 5.97 Å². The molecule has 2 aromatic carbocycles. The first kappa shape index (κ1) is 22.2. The predicted octanol–water partition coefficient (Wildman–Crippen LogP) is 5.49. The Labute approximate surface area is 189 Å². The largest absolute Gasteiger partial charge is 0.481 e. The number of rotatable bonds is 8. The fourth-order valence-electron chi connectivity index (χ4n) is 4.55. The maximum Gasteiger partial charge on any atom is 0.304 e. The molecule has 0 spiro atoms. The normalized spacial score (nSPS) is 16.6. The molecule has 6 nitrogen and oxygen atoms in total. The van der Waals surface area contributed by atoms with Crippen molar-refractivity contribution < 1.29 is 24.2 Å². The van der Waals surface area contributed by atoms with Crippen LogP contribution in [0.1, 0.15) is 54.2 Å². The van der Waals surface area contributed by atoms with Gasteiger partial charge in [-0.15, -0.1) is 0 Å². The van der Waals surface area contributed by atoms with Crippen molar-refractivity contribution in [3.05, 3.63) is 63.8 Å². The van der Waals surface area contributed by atoms with E-state index in [9.17, 15) is 15.0 Å². The van der Waals surface area contributed by atoms with Crippen LogP contribution in [0.3, 0.4) is 0 Å². The molecule has 4 rings (SSSR count). The van der Waals surface area contributed by atoms with Crippen molar-refractivity contribution in [2.75, 3.05) is 7.11 Å². The third kappa shape index (κ3) is 4.47. The van der Waals surface area contributed by atoms with Crippen molar-refractivity contribution >= 4 is 40.5 Å². The number of aliphatic hydroxyl groups excluding tert-OH is 1. The molecule has 164 valence electrons. The monoisotopic (exact) mass is 461 g/mol. The number of carboxylic acids is 1. The van der Waals surface area contributed by atoms with E-state index in [2.05, 4.69) is 4.57 Å². The second-order valence-corrected chi connectivity index (χ2v) is 9.02. The van der Waals surface area contributed by atoms with E-state index in [1.54, 1.807) is 6.92 Å². The highest BCUT2D eigenvalue weighted by atomic mass is 35.5. The second kappa shape index (κ2) is 9.22. The molecule has 8 heteroatoms. The fraction of sp³-hybridized carbons (Fsp3) is 0.348. The summed E-state index contributed by atoms with van der Waals surface area (Å²) >= 11 is 7.15. The zero-order valence-corrected chi connectivity index (χ0v) is 18.9. The molecule has 0 saturated carbocycles. The summed E-state index contributed by atoms with van der Waals surface area (Å²) in [7, 11) is 1.44. The number of hydrogen-bond donors (Lipinski definition) is 2. The Morgan fingerprint density at radius 2 is 2.06 bits per heavy atom. The Morgan fingerprint density at radius 3 is 2.71 bits per heavy atom. The van der Waals surface area contributed by atoms with Crippen molar-refractivity contribution in [1.29, 1.82) is 0 Å². The Balaban J connectivity index is 1.93. The number of fused-ring (bicyclic) bond motifs is 3. The molecule has 2 N–H and O–H groups in total. The molecule has 0 amide bonds. The molecule has 0 saturated heterocycles. The average Bonchev–Trinajstić information content (AvgIpc) is 3.26. The van der Waals surface area contributed by atoms with Crippen molar-refractivity contribution in [1.82, 2.24) is 4.57 Å². The zero-order chi connectivity index (χ0) is 22.1. The molecule has 1 aliphatic rings. The van der Waals surface area contributed by atoms with Crippen LogP contribution in [-0.2, 0) is 27.0 Å². The molecular weight excluding hydrogens is 438 g/mol. The highest BCUT2D eigenvalue weighted by Gasteiger charge is 2.33. The molecule has 3 aromatic rings. The highest BCUT2D eigenvalue weighted by molar-refractivity contribution is 7.94. The van der Waals surface area contributed by atoms with Crippen LogP contribution in [-0.4, -0.2) is 27.9 Å². The summed E-state index contributed by atoms with van der Waals surface area (Å²) in [6.07, 6.45) is 0.976. The summed E-state index contributed by atoms with van der Waals surface area (Å²) in [5, 5.41) is 21.8. The van der Waals surface area contributed by atoms with Crippen LogP contribution in [0.5, 0.6) is 0 Å². The van der Waals surface area contributed by atoms with E-state index in [1.165, 1.54) is 7.11 Å². The van der Waals surface area contributed by atoms with Gasteiger partial charge in [-0.1, -0.05) is 23.7 Å². The lowest BCUT2D eigenvalue weighted by molar-refractivity contribution is -0.160. The summed E-state index contributed by atoms with van der Waals surface area (Å²) in [6, 6.07) is 11.6. The minimum Gasteiger partial charge on any atom is -0.481 e. The molecule has 31 heavy (non-hydrogen) atoms. The molecule has 1 aromatic heterocycles. The van der Waals surface area contributed by atoms with Gasteiger partial charge in [0.1, 0.15) is 0 Å². The van der Waals surface area contributed by atoms with Crippen molar-refractivity contribution in [3.8, 4) is 0 Å². The third-order valence-electron chi connectivity index (χ3n) is 5.76. The lowest BCUT2D eigenvalue weighted by atomic mass is 10.0. The van der Waals surface area contributed by atoms with Gasteiger partial charge in [-0.3, -0.25) is 4.79 Å². The average molecular weight is 462 g/mol. The van der Waals surface area contributed by atoms with Crippen LogP contribution < -0.4 is 0 Å². The van der Waals surface area contributed by atoms with Gasteiger partial charge in [0.05, 0.1) is 37.2 Å². The number of carboxylic acid groups (broad SMARTS) is 1. The van der Waals surface area contributed by atoms with Gasteiger partial charge in [-0.2, -0.15) is 4.33 Å². The van der Waals surface area contributed by atoms with E-state index in [-0.39, 0.29) is 12.3 Å². The number of carbonyl (C=O) groups is 1. The Kier molecular flexibility index (Phi) is 6.60. The molecule has 0 bridgehead atoms. The number of aryl methyl sites for hydroxylation is 1. The van der Waals surface area contributed by atoms with Crippen LogP contribution in [0.2, 0.25) is 5.02 Å². The van der Waals surface area contributed by atoms with Gasteiger partial charge in [-0.25, -0.2) is 4.89 Å². The smallest absolute Gasteiger partial charge is 0.304 e. The van der Waals surface area contributed by atoms with Gasteiger partial charge in [0.15, 0.2) is 0 Å². The van der Waals surface area contributed by atoms with Crippen molar-refractivity contribution in [2.24, 2.45) is 0 Å². The Morgan fingerprint density at radius 1 is 1.32 bits per heavy atom. The van der Waals surface area contributed by atoms with E-state index in [4.69, 9.17) is 20.8 Å². The second-order valence-electron chi connectivity index (χ2n) is 7.81. The van der Waals surface area contributed by atoms with Gasteiger partial charge in [0.2, 0.25) is 0 Å². The first-order valence-corrected chi connectivity index (χ1v) is 11.2. The first-order valence-electron chi connectivity index (χ1n) is 10.1. The van der Waals surface area contributed by atoms with E-state index >= 15 is 0 Å². The van der Waals surface area contributed by atoms with Gasteiger partial charge in [-0.05, 0) is 55.2 Å². The summed E-state index contributed by atoms with van der Waals surface area (Å²) in [5.41, 5.74) is 4.97. The number of nitrogens with zero attached hydrogens (tertiary/aromatic N) is 1. The number of benzene rings is 2. The summed E-state index contributed by atoms with van der Waals surface area (Å²) < 4.78 is 7.23. The first-order chi connectivity index (χ1) is 14.9. The van der Waals surface area contributed by atoms with E-state index in [0.29, 0.717) is 11.6 Å². The minimum atomic E-state index is -0.804. The molecular formula is C23H24ClNO5S.